The van der Waals surface area contributed by atoms with E-state index in [1.807, 2.05) is 91.9 Å². The van der Waals surface area contributed by atoms with Crippen LogP contribution in [0.5, 0.6) is 11.5 Å². The van der Waals surface area contributed by atoms with Crippen molar-refractivity contribution in [3.8, 4) is 11.5 Å². The summed E-state index contributed by atoms with van der Waals surface area (Å²) in [7, 11) is 3.22. The maximum Gasteiger partial charge on any atom is 0.251 e. The van der Waals surface area contributed by atoms with Crippen molar-refractivity contribution in [2.24, 2.45) is 0 Å². The zero-order valence-electron chi connectivity index (χ0n) is 50.1. The average molecular weight is 1600 g/mol. The third-order valence-electron chi connectivity index (χ3n) is 13.4. The maximum absolute atomic E-state index is 14.9. The smallest absolute Gasteiger partial charge is 0.251 e. The van der Waals surface area contributed by atoms with Gasteiger partial charge in [-0.15, -0.1) is 12.4 Å². The average Bonchev–Trinajstić information content (AvgIpc) is 0.954. The fourth-order valence-corrected chi connectivity index (χ4v) is 10.9. The number of methoxy groups -OCH3 is 2. The largest absolute Gasteiger partial charge is 0.497 e. The van der Waals surface area contributed by atoms with Gasteiger partial charge in [0.05, 0.1) is 34.9 Å². The van der Waals surface area contributed by atoms with E-state index in [0.717, 1.165) is 39.7 Å². The summed E-state index contributed by atoms with van der Waals surface area (Å²) < 4.78 is 156. The lowest BCUT2D eigenvalue weighted by Crippen LogP contribution is -2.40. The number of piperidine rings is 3. The molecule has 29 heteroatoms. The summed E-state index contributed by atoms with van der Waals surface area (Å²) in [6.07, 6.45) is -1.10. The molecule has 0 atom stereocenters. The van der Waals surface area contributed by atoms with E-state index in [1.165, 1.54) is 17.0 Å². The van der Waals surface area contributed by atoms with Crippen LogP contribution in [-0.4, -0.2) is 96.2 Å². The summed E-state index contributed by atoms with van der Waals surface area (Å²) in [5.74, 6) is -8.04. The molecule has 0 saturated carbocycles. The van der Waals surface area contributed by atoms with Gasteiger partial charge < -0.3 is 41.0 Å². The molecule has 0 spiro atoms. The Balaban J connectivity index is 0.000000242. The van der Waals surface area contributed by atoms with Crippen molar-refractivity contribution in [1.29, 1.82) is 0 Å². The fourth-order valence-electron chi connectivity index (χ4n) is 8.46. The molecule has 5 aromatic heterocycles. The lowest BCUT2D eigenvalue weighted by molar-refractivity contribution is -0.0275. The van der Waals surface area contributed by atoms with Gasteiger partial charge in [-0.3, -0.25) is 0 Å². The summed E-state index contributed by atoms with van der Waals surface area (Å²) in [6.45, 7) is 11.2. The number of nitrogen functional groups attached to an aromatic ring is 1. The van der Waals surface area contributed by atoms with Crippen molar-refractivity contribution in [2.75, 3.05) is 79.7 Å². The molecule has 8 heterocycles. The van der Waals surface area contributed by atoms with Gasteiger partial charge in [-0.2, -0.15) is 0 Å². The predicted molar refractivity (Wildman–Crippen MR) is 353 cm³/mol. The molecule has 0 unspecified atom stereocenters. The number of halogens is 16. The number of hydrogen-bond acceptors (Lipinski definition) is 13. The predicted octanol–water partition coefficient (Wildman–Crippen LogP) is 17.3. The molecule has 3 aliphatic heterocycles. The Kier molecular flexibility index (Phi) is 30.8. The van der Waals surface area contributed by atoms with Crippen LogP contribution in [0, 0.1) is 67.3 Å². The zero-order valence-corrected chi connectivity index (χ0v) is 57.8. The van der Waals surface area contributed by atoms with Crippen molar-refractivity contribution < 1.29 is 57.8 Å². The first-order valence-electron chi connectivity index (χ1n) is 27.7. The molecule has 3 fully saturated rings. The second kappa shape index (κ2) is 36.0. The number of nitrogens with zero attached hydrogens (tertiary/aromatic N) is 7. The van der Waals surface area contributed by atoms with Crippen LogP contribution in [0.25, 0.3) is 0 Å². The molecule has 13 nitrogen and oxygen atoms in total. The molecular formula is C61H69Br3ClF11IN11O2. The molecule has 0 amide bonds. The van der Waals surface area contributed by atoms with Gasteiger partial charge in [-0.05, 0) is 177 Å². The van der Waals surface area contributed by atoms with Gasteiger partial charge in [0.1, 0.15) is 25.3 Å². The van der Waals surface area contributed by atoms with Crippen LogP contribution in [-0.2, 0) is 13.1 Å². The highest BCUT2D eigenvalue weighted by Crippen LogP contribution is 2.35. The summed E-state index contributed by atoms with van der Waals surface area (Å²) in [5.41, 5.74) is 11.9. The first kappa shape index (κ1) is 76.9. The van der Waals surface area contributed by atoms with Gasteiger partial charge >= 0.3 is 0 Å². The Morgan fingerprint density at radius 1 is 0.500 bits per heavy atom. The molecule has 3 aliphatic rings. The van der Waals surface area contributed by atoms with Crippen LogP contribution in [0.2, 0.25) is 0 Å². The molecule has 90 heavy (non-hydrogen) atoms. The van der Waals surface area contributed by atoms with E-state index in [2.05, 4.69) is 88.7 Å². The minimum atomic E-state index is -2.67. The summed E-state index contributed by atoms with van der Waals surface area (Å²) >= 11 is 11.0. The number of ether oxygens (including phenoxy) is 2. The third kappa shape index (κ3) is 25.2. The molecule has 492 valence electrons. The number of pyridine rings is 5. The summed E-state index contributed by atoms with van der Waals surface area (Å²) in [5, 5.41) is 9.00. The maximum atomic E-state index is 14.9. The van der Waals surface area contributed by atoms with Crippen molar-refractivity contribution in [3.63, 3.8) is 0 Å². The Morgan fingerprint density at radius 3 is 1.28 bits per heavy atom. The molecule has 7 aromatic rings. The monoisotopic (exact) mass is 1600 g/mol. The van der Waals surface area contributed by atoms with Crippen LogP contribution in [0.15, 0.2) is 98.7 Å². The minimum Gasteiger partial charge on any atom is -0.497 e. The number of rotatable bonds is 10. The molecule has 10 rings (SSSR count). The van der Waals surface area contributed by atoms with Crippen molar-refractivity contribution >= 4 is 111 Å². The highest BCUT2D eigenvalue weighted by Gasteiger charge is 2.37. The first-order valence-corrected chi connectivity index (χ1v) is 31.1. The van der Waals surface area contributed by atoms with E-state index in [9.17, 15) is 48.3 Å². The quantitative estimate of drug-likeness (QED) is 0.0585. The second-order valence-electron chi connectivity index (χ2n) is 20.6. The molecular weight excluding hydrogens is 1530 g/mol. The van der Waals surface area contributed by atoms with Crippen LogP contribution in [0.3, 0.4) is 0 Å². The number of aromatic nitrogens is 5. The van der Waals surface area contributed by atoms with Gasteiger partial charge in [0, 0.05) is 119 Å². The molecule has 0 bridgehead atoms. The topological polar surface area (TPSA) is 151 Å². The number of benzene rings is 2. The standard InChI is InChI=1S/C19H22F3N3O.C14H14BrFN2O.C11H14F3N3.C6H4BrFIN.C6H5BrFN.C5H9F2N.ClH/c1-13-11-16(23-12-14-3-5-15(26-2)6-4-14)17(20)18(24-13)25-9-7-19(21,22)8-10-25;1-9-7-12(13(16)14(15)18-9)17-8-10-3-5-11(19-2)6-4-10;1-7-6-8(15)9(12)10(16-7)17-4-2-11(13,14)3-5-17;1-3-2-4(9)5(8)6(7)10-3;1-4-2-3-5(8)6(7)9-4;6-5(7)1-3-8-4-2-5;/h3-6,11H,7-10,12H2,1-2H3,(H,23,24);3-7H,8H2,1-2H3,(H,17,18);6H,2-5H2,1H3,(H2,15,16);2H,1H3;2-3H,1H3;8H,1-4H2;1H. The van der Waals surface area contributed by atoms with Crippen LogP contribution < -0.4 is 41.0 Å². The van der Waals surface area contributed by atoms with Crippen LogP contribution >= 0.6 is 82.8 Å². The summed E-state index contributed by atoms with van der Waals surface area (Å²) in [6, 6.07) is 24.5. The molecule has 2 aromatic carbocycles. The Morgan fingerprint density at radius 2 is 0.878 bits per heavy atom. The number of alkyl halides is 6. The van der Waals surface area contributed by atoms with Crippen molar-refractivity contribution in [1.82, 2.24) is 30.2 Å². The van der Waals surface area contributed by atoms with Crippen LogP contribution in [0.1, 0.15) is 78.1 Å². The normalized spacial score (nSPS) is 15.1. The fraction of sp³-hybridized carbons (Fsp3) is 0.393. The van der Waals surface area contributed by atoms with Gasteiger partial charge in [0.2, 0.25) is 0 Å². The van der Waals surface area contributed by atoms with E-state index in [-0.39, 0.29) is 126 Å². The number of nitrogens with one attached hydrogen (secondary N) is 3. The molecule has 0 radical (unpaired) electrons. The Hall–Kier alpha value is -5.56. The zero-order chi connectivity index (χ0) is 65.8. The SMILES string of the molecule is COc1ccc(CNc2cc(C)nc(Br)c2F)cc1.COc1ccc(CNc2cc(C)nc(N3CCC(F)(F)CC3)c2F)cc1.Cc1cc(I)c(F)c(Br)n1.Cc1cc(N)c(F)c(N2CCC(F)(F)CC2)n1.Cc1ccc(F)c(Br)n1.Cl.FC1(F)CCNCC1. The number of nitrogens with two attached hydrogens (primary N) is 1. The van der Waals surface area contributed by atoms with Gasteiger partial charge in [-0.25, -0.2) is 73.2 Å². The van der Waals surface area contributed by atoms with Gasteiger partial charge in [0.15, 0.2) is 40.7 Å². The number of anilines is 5. The third-order valence-corrected chi connectivity index (χ3v) is 15.8. The van der Waals surface area contributed by atoms with E-state index in [4.69, 9.17) is 15.2 Å². The van der Waals surface area contributed by atoms with E-state index in [0.29, 0.717) is 52.5 Å². The van der Waals surface area contributed by atoms with Gasteiger partial charge in [0.25, 0.3) is 17.8 Å². The van der Waals surface area contributed by atoms with Crippen molar-refractivity contribution in [3.05, 3.63) is 171 Å². The van der Waals surface area contributed by atoms with Crippen molar-refractivity contribution in [2.45, 2.75) is 104 Å². The summed E-state index contributed by atoms with van der Waals surface area (Å²) in [4.78, 5) is 23.1. The van der Waals surface area contributed by atoms with E-state index in [1.54, 1.807) is 57.2 Å². The minimum absolute atomic E-state index is 0. The highest BCUT2D eigenvalue weighted by atomic mass is 127. The lowest BCUT2D eigenvalue weighted by atomic mass is 10.1. The Labute approximate surface area is 561 Å². The van der Waals surface area contributed by atoms with E-state index >= 15 is 0 Å². The second-order valence-corrected chi connectivity index (χ2v) is 24.0. The molecule has 3 saturated heterocycles. The lowest BCUT2D eigenvalue weighted by Gasteiger charge is -2.33. The number of aryl methyl sites for hydroxylation is 5. The first-order chi connectivity index (χ1) is 41.9. The number of hydrogen-bond donors (Lipinski definition) is 4. The Bertz CT molecular complexity index is 3380. The molecule has 0 aliphatic carbocycles. The molecule has 5 N–H and O–H groups in total. The highest BCUT2D eigenvalue weighted by molar-refractivity contribution is 14.1. The van der Waals surface area contributed by atoms with Gasteiger partial charge in [-0.1, -0.05) is 24.3 Å². The van der Waals surface area contributed by atoms with Crippen LogP contribution in [0.4, 0.5) is 77.0 Å². The van der Waals surface area contributed by atoms with E-state index < -0.39 is 29.4 Å².